The minimum absolute atomic E-state index is 0.133. The van der Waals surface area contributed by atoms with E-state index in [0.717, 1.165) is 12.3 Å². The van der Waals surface area contributed by atoms with Crippen molar-refractivity contribution in [2.24, 2.45) is 5.92 Å². The molecule has 1 atom stereocenters. The number of rotatable bonds is 3. The number of ether oxygens (including phenoxy) is 1. The van der Waals surface area contributed by atoms with Crippen molar-refractivity contribution in [3.05, 3.63) is 38.3 Å². The molecule has 1 saturated heterocycles. The SMILES string of the molecule is COC(=O)C1CCN(C(=O)c2cc([N+](=O)[O-])c[nH]c2=O)C1. The first kappa shape index (κ1) is 14.7. The number of aromatic amines is 1. The molecule has 1 aromatic rings. The highest BCUT2D eigenvalue weighted by Crippen LogP contribution is 2.20. The molecule has 0 aliphatic carbocycles. The lowest BCUT2D eigenvalue weighted by Gasteiger charge is -2.15. The van der Waals surface area contributed by atoms with Gasteiger partial charge < -0.3 is 14.6 Å². The van der Waals surface area contributed by atoms with E-state index in [9.17, 15) is 24.5 Å². The van der Waals surface area contributed by atoms with Crippen LogP contribution < -0.4 is 5.56 Å². The van der Waals surface area contributed by atoms with E-state index in [2.05, 4.69) is 9.72 Å². The number of H-pyrrole nitrogens is 1. The molecule has 1 amide bonds. The third kappa shape index (κ3) is 2.91. The summed E-state index contributed by atoms with van der Waals surface area (Å²) in [4.78, 5) is 48.8. The number of nitrogens with one attached hydrogen (secondary N) is 1. The van der Waals surface area contributed by atoms with Crippen LogP contribution in [0.4, 0.5) is 5.69 Å². The van der Waals surface area contributed by atoms with Crippen LogP contribution in [0.25, 0.3) is 0 Å². The summed E-state index contributed by atoms with van der Waals surface area (Å²) >= 11 is 0. The third-order valence-electron chi connectivity index (χ3n) is 3.34. The maximum atomic E-state index is 12.2. The predicted molar refractivity (Wildman–Crippen MR) is 69.7 cm³/mol. The molecular formula is C12H13N3O6. The maximum Gasteiger partial charge on any atom is 0.310 e. The van der Waals surface area contributed by atoms with Crippen molar-refractivity contribution in [3.8, 4) is 0 Å². The smallest absolute Gasteiger partial charge is 0.310 e. The minimum Gasteiger partial charge on any atom is -0.469 e. The maximum absolute atomic E-state index is 12.2. The highest BCUT2D eigenvalue weighted by atomic mass is 16.6. The Morgan fingerprint density at radius 2 is 2.24 bits per heavy atom. The molecule has 0 aromatic carbocycles. The molecule has 9 heteroatoms. The van der Waals surface area contributed by atoms with Crippen LogP contribution in [-0.2, 0) is 9.53 Å². The number of esters is 1. The van der Waals surface area contributed by atoms with Gasteiger partial charge in [0.2, 0.25) is 0 Å². The van der Waals surface area contributed by atoms with Crippen molar-refractivity contribution < 1.29 is 19.2 Å². The van der Waals surface area contributed by atoms with Crippen molar-refractivity contribution in [1.82, 2.24) is 9.88 Å². The Bertz CT molecular complexity index is 653. The molecule has 0 spiro atoms. The molecule has 1 unspecified atom stereocenters. The Balaban J connectivity index is 2.22. The summed E-state index contributed by atoms with van der Waals surface area (Å²) in [5.74, 6) is -1.48. The lowest BCUT2D eigenvalue weighted by atomic mass is 10.1. The first-order chi connectivity index (χ1) is 9.93. The van der Waals surface area contributed by atoms with Crippen molar-refractivity contribution in [2.75, 3.05) is 20.2 Å². The molecule has 0 radical (unpaired) electrons. The number of carbonyl (C=O) groups is 2. The van der Waals surface area contributed by atoms with Crippen molar-refractivity contribution in [3.63, 3.8) is 0 Å². The number of hydrogen-bond donors (Lipinski definition) is 1. The first-order valence-corrected chi connectivity index (χ1v) is 6.18. The van der Waals surface area contributed by atoms with Gasteiger partial charge in [-0.25, -0.2) is 0 Å². The molecule has 112 valence electrons. The van der Waals surface area contributed by atoms with Gasteiger partial charge in [0, 0.05) is 19.2 Å². The van der Waals surface area contributed by atoms with Gasteiger partial charge in [0.05, 0.1) is 24.1 Å². The van der Waals surface area contributed by atoms with E-state index in [4.69, 9.17) is 0 Å². The Hall–Kier alpha value is -2.71. The largest absolute Gasteiger partial charge is 0.469 e. The van der Waals surface area contributed by atoms with E-state index >= 15 is 0 Å². The van der Waals surface area contributed by atoms with E-state index < -0.39 is 28.3 Å². The summed E-state index contributed by atoms with van der Waals surface area (Å²) in [5, 5.41) is 10.7. The number of likely N-dealkylation sites (tertiary alicyclic amines) is 1. The minimum atomic E-state index is -0.702. The lowest BCUT2D eigenvalue weighted by molar-refractivity contribution is -0.385. The summed E-state index contributed by atoms with van der Waals surface area (Å²) < 4.78 is 4.61. The summed E-state index contributed by atoms with van der Waals surface area (Å²) in [6, 6.07) is 0.937. The Morgan fingerprint density at radius 1 is 1.52 bits per heavy atom. The second-order valence-electron chi connectivity index (χ2n) is 4.62. The van der Waals surface area contributed by atoms with Crippen LogP contribution in [0, 0.1) is 16.0 Å². The number of nitrogens with zero attached hydrogens (tertiary/aromatic N) is 2. The fourth-order valence-electron chi connectivity index (χ4n) is 2.21. The zero-order valence-corrected chi connectivity index (χ0v) is 11.2. The van der Waals surface area contributed by atoms with Gasteiger partial charge in [-0.1, -0.05) is 0 Å². The van der Waals surface area contributed by atoms with Crippen LogP contribution in [0.3, 0.4) is 0 Å². The number of nitro groups is 1. The number of amides is 1. The summed E-state index contributed by atoms with van der Waals surface area (Å²) in [6.45, 7) is 0.425. The number of methoxy groups -OCH3 is 1. The summed E-state index contributed by atoms with van der Waals surface area (Å²) in [5.41, 5.74) is -1.39. The first-order valence-electron chi connectivity index (χ1n) is 6.18. The standard InChI is InChI=1S/C12H13N3O6/c1-21-12(18)7-2-3-14(6-7)11(17)9-4-8(15(19)20)5-13-10(9)16/h4-5,7H,2-3,6H2,1H3,(H,13,16). The molecule has 1 aliphatic heterocycles. The van der Waals surface area contributed by atoms with E-state index in [0.29, 0.717) is 13.0 Å². The Labute approximate surface area is 118 Å². The molecule has 1 aliphatic rings. The second kappa shape index (κ2) is 5.73. The molecule has 1 fully saturated rings. The monoisotopic (exact) mass is 295 g/mol. The van der Waals surface area contributed by atoms with Crippen molar-refractivity contribution in [1.29, 1.82) is 0 Å². The average Bonchev–Trinajstić information content (AvgIpc) is 2.95. The van der Waals surface area contributed by atoms with E-state index in [-0.39, 0.29) is 17.8 Å². The predicted octanol–water partition coefficient (Wildman–Crippen LogP) is -0.0818. The van der Waals surface area contributed by atoms with Gasteiger partial charge in [0.1, 0.15) is 5.56 Å². The Kier molecular flexibility index (Phi) is 4.01. The highest BCUT2D eigenvalue weighted by Gasteiger charge is 2.33. The van der Waals surface area contributed by atoms with Crippen molar-refractivity contribution >= 4 is 17.6 Å². The van der Waals surface area contributed by atoms with Crippen LogP contribution in [0.2, 0.25) is 0 Å². The number of aromatic nitrogens is 1. The summed E-state index contributed by atoms with van der Waals surface area (Å²) in [7, 11) is 1.26. The highest BCUT2D eigenvalue weighted by molar-refractivity contribution is 5.95. The number of carbonyl (C=O) groups excluding carboxylic acids is 2. The molecule has 0 bridgehead atoms. The molecule has 1 aromatic heterocycles. The fraction of sp³-hybridized carbons (Fsp3) is 0.417. The van der Waals surface area contributed by atoms with Gasteiger partial charge in [-0.05, 0) is 6.42 Å². The Morgan fingerprint density at radius 3 is 2.86 bits per heavy atom. The number of hydrogen-bond acceptors (Lipinski definition) is 6. The number of pyridine rings is 1. The van der Waals surface area contributed by atoms with Crippen LogP contribution in [0.15, 0.2) is 17.1 Å². The summed E-state index contributed by atoms with van der Waals surface area (Å²) in [6.07, 6.45) is 1.37. The second-order valence-corrected chi connectivity index (χ2v) is 4.62. The quantitative estimate of drug-likeness (QED) is 0.472. The van der Waals surface area contributed by atoms with Gasteiger partial charge in [-0.2, -0.15) is 0 Å². The normalized spacial score (nSPS) is 17.6. The van der Waals surface area contributed by atoms with Crippen LogP contribution in [0.1, 0.15) is 16.8 Å². The molecule has 0 saturated carbocycles. The average molecular weight is 295 g/mol. The molecule has 1 N–H and O–H groups in total. The lowest BCUT2D eigenvalue weighted by Crippen LogP contribution is -2.34. The molecule has 9 nitrogen and oxygen atoms in total. The van der Waals surface area contributed by atoms with Crippen LogP contribution >= 0.6 is 0 Å². The van der Waals surface area contributed by atoms with Gasteiger partial charge in [-0.3, -0.25) is 24.5 Å². The van der Waals surface area contributed by atoms with Gasteiger partial charge in [-0.15, -0.1) is 0 Å². The van der Waals surface area contributed by atoms with Crippen LogP contribution in [0.5, 0.6) is 0 Å². The van der Waals surface area contributed by atoms with Gasteiger partial charge >= 0.3 is 5.97 Å². The fourth-order valence-corrected chi connectivity index (χ4v) is 2.21. The zero-order valence-electron chi connectivity index (χ0n) is 11.2. The van der Waals surface area contributed by atoms with E-state index in [1.54, 1.807) is 0 Å². The molecule has 2 rings (SSSR count). The molecular weight excluding hydrogens is 282 g/mol. The zero-order chi connectivity index (χ0) is 15.6. The topological polar surface area (TPSA) is 123 Å². The van der Waals surface area contributed by atoms with Gasteiger partial charge in [0.15, 0.2) is 0 Å². The molecule has 2 heterocycles. The van der Waals surface area contributed by atoms with E-state index in [1.807, 2.05) is 0 Å². The van der Waals surface area contributed by atoms with Crippen molar-refractivity contribution in [2.45, 2.75) is 6.42 Å². The molecule has 21 heavy (non-hydrogen) atoms. The third-order valence-corrected chi connectivity index (χ3v) is 3.34. The van der Waals surface area contributed by atoms with Gasteiger partial charge in [0.25, 0.3) is 17.2 Å². The van der Waals surface area contributed by atoms with E-state index in [1.165, 1.54) is 12.0 Å². The van der Waals surface area contributed by atoms with Crippen LogP contribution in [-0.4, -0.2) is 46.9 Å².